The third-order valence-corrected chi connectivity index (χ3v) is 3.53. The first kappa shape index (κ1) is 13.7. The van der Waals surface area contributed by atoms with Crippen molar-refractivity contribution in [2.75, 3.05) is 38.1 Å². The van der Waals surface area contributed by atoms with Gasteiger partial charge >= 0.3 is 0 Å². The highest BCUT2D eigenvalue weighted by Crippen LogP contribution is 2.13. The van der Waals surface area contributed by atoms with Crippen LogP contribution in [0.2, 0.25) is 5.02 Å². The zero-order valence-corrected chi connectivity index (χ0v) is 11.6. The monoisotopic (exact) mass is 268 g/mol. The van der Waals surface area contributed by atoms with Gasteiger partial charge in [0, 0.05) is 36.9 Å². The Bertz CT molecular complexity index is 355. The Labute approximate surface area is 114 Å². The van der Waals surface area contributed by atoms with E-state index in [-0.39, 0.29) is 0 Å². The van der Waals surface area contributed by atoms with E-state index in [2.05, 4.69) is 17.1 Å². The number of nitrogens with zero attached hydrogens (tertiary/aromatic N) is 1. The first-order valence-corrected chi connectivity index (χ1v) is 6.99. The molecule has 1 N–H and O–H groups in total. The van der Waals surface area contributed by atoms with Crippen molar-refractivity contribution in [2.24, 2.45) is 0 Å². The van der Waals surface area contributed by atoms with Crippen LogP contribution in [0.3, 0.4) is 0 Å². The molecule has 1 aromatic rings. The Hall–Kier alpha value is -0.770. The molecule has 0 spiro atoms. The van der Waals surface area contributed by atoms with Crippen molar-refractivity contribution in [3.8, 4) is 0 Å². The highest BCUT2D eigenvalue weighted by Gasteiger charge is 2.17. The zero-order valence-electron chi connectivity index (χ0n) is 10.9. The minimum Gasteiger partial charge on any atom is -0.384 e. The van der Waals surface area contributed by atoms with Gasteiger partial charge in [0.25, 0.3) is 0 Å². The maximum Gasteiger partial charge on any atom is 0.0700 e. The summed E-state index contributed by atoms with van der Waals surface area (Å²) in [5.41, 5.74) is 1.12. The molecule has 0 radical (unpaired) electrons. The summed E-state index contributed by atoms with van der Waals surface area (Å²) in [4.78, 5) is 2.46. The van der Waals surface area contributed by atoms with Gasteiger partial charge < -0.3 is 10.1 Å². The molecule has 1 heterocycles. The normalized spacial score (nSPS) is 20.9. The molecular weight excluding hydrogens is 248 g/mol. The van der Waals surface area contributed by atoms with Crippen LogP contribution in [0.4, 0.5) is 5.69 Å². The fourth-order valence-electron chi connectivity index (χ4n) is 2.16. The van der Waals surface area contributed by atoms with E-state index in [0.717, 1.165) is 49.9 Å². The third kappa shape index (κ3) is 4.16. The molecule has 0 saturated carbocycles. The molecule has 1 aromatic carbocycles. The maximum atomic E-state index is 5.85. The van der Waals surface area contributed by atoms with Crippen LogP contribution in [0.25, 0.3) is 0 Å². The number of morpholine rings is 1. The minimum absolute atomic E-state index is 0.411. The van der Waals surface area contributed by atoms with Crippen LogP contribution in [0.5, 0.6) is 0 Å². The van der Waals surface area contributed by atoms with Crippen LogP contribution in [0, 0.1) is 0 Å². The van der Waals surface area contributed by atoms with Gasteiger partial charge in [0.15, 0.2) is 0 Å². The summed E-state index contributed by atoms with van der Waals surface area (Å²) in [7, 11) is 0. The van der Waals surface area contributed by atoms with Gasteiger partial charge in [0.1, 0.15) is 0 Å². The highest BCUT2D eigenvalue weighted by atomic mass is 35.5. The first-order valence-electron chi connectivity index (χ1n) is 6.61. The van der Waals surface area contributed by atoms with E-state index in [1.807, 2.05) is 24.3 Å². The summed E-state index contributed by atoms with van der Waals surface area (Å²) in [5.74, 6) is 0. The molecule has 1 unspecified atom stereocenters. The van der Waals surface area contributed by atoms with Crippen molar-refractivity contribution in [3.05, 3.63) is 29.3 Å². The van der Waals surface area contributed by atoms with E-state index in [4.69, 9.17) is 16.3 Å². The molecule has 0 aliphatic carbocycles. The number of rotatable bonds is 5. The minimum atomic E-state index is 0.411. The predicted octanol–water partition coefficient (Wildman–Crippen LogP) is 2.86. The molecule has 1 fully saturated rings. The summed E-state index contributed by atoms with van der Waals surface area (Å²) in [6, 6.07) is 7.84. The summed E-state index contributed by atoms with van der Waals surface area (Å²) in [6.45, 7) is 7.15. The molecule has 3 nitrogen and oxygen atoms in total. The van der Waals surface area contributed by atoms with E-state index in [1.54, 1.807) is 0 Å². The second-order valence-corrected chi connectivity index (χ2v) is 5.07. The molecule has 1 aliphatic heterocycles. The van der Waals surface area contributed by atoms with E-state index in [9.17, 15) is 0 Å². The first-order chi connectivity index (χ1) is 8.78. The topological polar surface area (TPSA) is 24.5 Å². The van der Waals surface area contributed by atoms with Gasteiger partial charge in [-0.1, -0.05) is 18.5 Å². The van der Waals surface area contributed by atoms with E-state index in [0.29, 0.717) is 6.10 Å². The molecule has 2 rings (SSSR count). The van der Waals surface area contributed by atoms with Crippen molar-refractivity contribution in [1.29, 1.82) is 0 Å². The summed E-state index contributed by atoms with van der Waals surface area (Å²) in [6.07, 6.45) is 1.51. The van der Waals surface area contributed by atoms with Gasteiger partial charge in [-0.25, -0.2) is 0 Å². The number of hydrogen-bond donors (Lipinski definition) is 1. The van der Waals surface area contributed by atoms with Gasteiger partial charge in [0.05, 0.1) is 12.7 Å². The molecule has 100 valence electrons. The average Bonchev–Trinajstić information content (AvgIpc) is 2.41. The fraction of sp³-hybridized carbons (Fsp3) is 0.571. The second kappa shape index (κ2) is 6.98. The lowest BCUT2D eigenvalue weighted by molar-refractivity contribution is -0.0282. The van der Waals surface area contributed by atoms with Crippen LogP contribution >= 0.6 is 11.6 Å². The number of anilines is 1. The van der Waals surface area contributed by atoms with Crippen LogP contribution in [0.1, 0.15) is 13.3 Å². The van der Waals surface area contributed by atoms with Crippen LogP contribution < -0.4 is 5.32 Å². The van der Waals surface area contributed by atoms with Crippen molar-refractivity contribution in [2.45, 2.75) is 19.4 Å². The Morgan fingerprint density at radius 2 is 2.17 bits per heavy atom. The smallest absolute Gasteiger partial charge is 0.0700 e. The number of halogens is 1. The number of benzene rings is 1. The average molecular weight is 269 g/mol. The lowest BCUT2D eigenvalue weighted by atomic mass is 10.2. The predicted molar refractivity (Wildman–Crippen MR) is 76.4 cm³/mol. The Morgan fingerprint density at radius 1 is 1.39 bits per heavy atom. The summed E-state index contributed by atoms with van der Waals surface area (Å²) < 4.78 is 5.66. The van der Waals surface area contributed by atoms with Crippen molar-refractivity contribution in [3.63, 3.8) is 0 Å². The van der Waals surface area contributed by atoms with Gasteiger partial charge in [-0.15, -0.1) is 0 Å². The Balaban J connectivity index is 1.70. The largest absolute Gasteiger partial charge is 0.384 e. The summed E-state index contributed by atoms with van der Waals surface area (Å²) in [5, 5.41) is 4.19. The molecular formula is C14H21ClN2O. The van der Waals surface area contributed by atoms with E-state index in [1.165, 1.54) is 0 Å². The lowest BCUT2D eigenvalue weighted by Crippen LogP contribution is -2.43. The lowest BCUT2D eigenvalue weighted by Gasteiger charge is -2.32. The molecule has 4 heteroatoms. The van der Waals surface area contributed by atoms with Crippen molar-refractivity contribution < 1.29 is 4.74 Å². The molecule has 1 atom stereocenters. The SMILES string of the molecule is CCC1CN(CCNc2ccc(Cl)cc2)CCO1. The van der Waals surface area contributed by atoms with Crippen LogP contribution in [-0.4, -0.2) is 43.8 Å². The summed E-state index contributed by atoms with van der Waals surface area (Å²) >= 11 is 5.85. The van der Waals surface area contributed by atoms with Crippen molar-refractivity contribution in [1.82, 2.24) is 4.90 Å². The maximum absolute atomic E-state index is 5.85. The number of ether oxygens (including phenoxy) is 1. The van der Waals surface area contributed by atoms with Gasteiger partial charge in [-0.3, -0.25) is 4.90 Å². The molecule has 1 saturated heterocycles. The zero-order chi connectivity index (χ0) is 12.8. The molecule has 1 aliphatic rings. The van der Waals surface area contributed by atoms with Gasteiger partial charge in [0.2, 0.25) is 0 Å². The second-order valence-electron chi connectivity index (χ2n) is 4.64. The van der Waals surface area contributed by atoms with E-state index < -0.39 is 0 Å². The third-order valence-electron chi connectivity index (χ3n) is 3.28. The molecule has 18 heavy (non-hydrogen) atoms. The number of hydrogen-bond acceptors (Lipinski definition) is 3. The van der Waals surface area contributed by atoms with Crippen LogP contribution in [-0.2, 0) is 4.74 Å². The molecule has 0 aromatic heterocycles. The standard InChI is InChI=1S/C14H21ClN2O/c1-2-14-11-17(9-10-18-14)8-7-16-13-5-3-12(15)4-6-13/h3-6,14,16H,2,7-11H2,1H3. The van der Waals surface area contributed by atoms with Crippen molar-refractivity contribution >= 4 is 17.3 Å². The van der Waals surface area contributed by atoms with Crippen LogP contribution in [0.15, 0.2) is 24.3 Å². The Morgan fingerprint density at radius 3 is 2.89 bits per heavy atom. The highest BCUT2D eigenvalue weighted by molar-refractivity contribution is 6.30. The van der Waals surface area contributed by atoms with Gasteiger partial charge in [-0.05, 0) is 30.7 Å². The number of nitrogens with one attached hydrogen (secondary N) is 1. The Kier molecular flexibility index (Phi) is 5.29. The molecule has 0 bridgehead atoms. The quantitative estimate of drug-likeness (QED) is 0.889. The fourth-order valence-corrected chi connectivity index (χ4v) is 2.28. The van der Waals surface area contributed by atoms with Gasteiger partial charge in [-0.2, -0.15) is 0 Å². The molecule has 0 amide bonds. The van der Waals surface area contributed by atoms with E-state index >= 15 is 0 Å².